The maximum atomic E-state index is 14.9. The number of hydrogen-bond donors (Lipinski definition) is 0. The highest BCUT2D eigenvalue weighted by Crippen LogP contribution is 2.71. The van der Waals surface area contributed by atoms with Crippen LogP contribution >= 0.6 is 35.3 Å². The summed E-state index contributed by atoms with van der Waals surface area (Å²) in [5, 5.41) is 0. The van der Waals surface area contributed by atoms with Crippen LogP contribution in [0.1, 0.15) is 47.1 Å². The molecule has 1 spiro atoms. The molecule has 0 aromatic heterocycles. The maximum Gasteiger partial charge on any atom is 0.345 e. The van der Waals surface area contributed by atoms with Crippen LogP contribution in [0, 0.1) is 0 Å². The summed E-state index contributed by atoms with van der Waals surface area (Å²) in [5.74, 6) is -5.27. The molecule has 0 radical (unpaired) electrons. The molecule has 53 heavy (non-hydrogen) atoms. The number of carbonyl (C=O) groups is 7. The predicted molar refractivity (Wildman–Crippen MR) is 196 cm³/mol. The third kappa shape index (κ3) is 5.55. The fourth-order valence-electron chi connectivity index (χ4n) is 6.67. The van der Waals surface area contributed by atoms with Gasteiger partial charge in [0.15, 0.2) is 0 Å². The summed E-state index contributed by atoms with van der Waals surface area (Å²) in [7, 11) is 5.93. The number of anilines is 1. The number of rotatable bonds is 7. The molecule has 3 amide bonds. The Hall–Kier alpha value is -5.00. The molecular formula is C36H32N2O12S3. The number of carbonyl (C=O) groups excluding carboxylic acids is 7. The molecule has 0 fully saturated rings. The lowest BCUT2D eigenvalue weighted by Gasteiger charge is -2.51. The highest BCUT2D eigenvalue weighted by Gasteiger charge is 2.62. The predicted octanol–water partition coefficient (Wildman–Crippen LogP) is 4.30. The van der Waals surface area contributed by atoms with Crippen LogP contribution in [0.2, 0.25) is 0 Å². The first-order valence-electron chi connectivity index (χ1n) is 15.8. The minimum absolute atomic E-state index is 0.170. The average molecular weight is 781 g/mol. The number of fused-ring (bicyclic) bond motifs is 4. The lowest BCUT2D eigenvalue weighted by molar-refractivity contribution is -0.138. The molecule has 14 nitrogen and oxygen atoms in total. The molecule has 0 saturated heterocycles. The summed E-state index contributed by atoms with van der Waals surface area (Å²) in [4.78, 5) is 98.2. The zero-order chi connectivity index (χ0) is 38.7. The van der Waals surface area contributed by atoms with Crippen LogP contribution in [0.5, 0.6) is 5.75 Å². The molecule has 2 aromatic rings. The Labute approximate surface area is 316 Å². The van der Waals surface area contributed by atoms with Crippen molar-refractivity contribution in [1.82, 2.24) is 4.90 Å². The number of thioether (sulfide) groups is 3. The minimum Gasteiger partial charge on any atom is -0.497 e. The minimum atomic E-state index is -1.81. The molecule has 1 atom stereocenters. The van der Waals surface area contributed by atoms with Gasteiger partial charge in [0, 0.05) is 16.0 Å². The first-order valence-corrected chi connectivity index (χ1v) is 18.2. The van der Waals surface area contributed by atoms with Gasteiger partial charge in [-0.25, -0.2) is 19.2 Å². The van der Waals surface area contributed by atoms with Crippen LogP contribution in [-0.4, -0.2) is 97.7 Å². The van der Waals surface area contributed by atoms with Gasteiger partial charge in [-0.05, 0) is 51.1 Å². The van der Waals surface area contributed by atoms with E-state index < -0.39 is 57.3 Å². The smallest absolute Gasteiger partial charge is 0.345 e. The largest absolute Gasteiger partial charge is 0.497 e. The molecule has 4 aliphatic heterocycles. The van der Waals surface area contributed by atoms with E-state index >= 15 is 0 Å². The number of imide groups is 1. The molecule has 4 heterocycles. The molecule has 0 N–H and O–H groups in total. The number of methoxy groups -OCH3 is 5. The number of esters is 4. The Morgan fingerprint density at radius 1 is 0.698 bits per heavy atom. The van der Waals surface area contributed by atoms with Crippen LogP contribution in [0.15, 0.2) is 67.7 Å². The highest BCUT2D eigenvalue weighted by atomic mass is 32.2. The van der Waals surface area contributed by atoms with Gasteiger partial charge in [-0.1, -0.05) is 47.4 Å². The van der Waals surface area contributed by atoms with Gasteiger partial charge in [0.1, 0.15) is 30.6 Å². The van der Waals surface area contributed by atoms with Gasteiger partial charge in [-0.2, -0.15) is 0 Å². The lowest BCUT2D eigenvalue weighted by Crippen LogP contribution is -2.59. The summed E-state index contributed by atoms with van der Waals surface area (Å²) < 4.78 is 24.2. The molecule has 4 aliphatic rings. The Morgan fingerprint density at radius 3 is 1.70 bits per heavy atom. The van der Waals surface area contributed by atoms with Gasteiger partial charge in [-0.15, -0.1) is 0 Å². The van der Waals surface area contributed by atoms with Crippen molar-refractivity contribution >= 4 is 88.1 Å². The quantitative estimate of drug-likeness (QED) is 0.221. The Kier molecular flexibility index (Phi) is 9.80. The fourth-order valence-corrected chi connectivity index (χ4v) is 11.7. The van der Waals surface area contributed by atoms with Crippen LogP contribution in [-0.2, 0) is 42.9 Å². The second kappa shape index (κ2) is 13.8. The SMILES string of the molecule is COC(=O)C1=C(C(=O)OC)SC2(S1)C(C(=O)OC)=C(C(=O)OC)SC1=C2c2cc(OC)ccc2N(C(=O)[C@H](C)N2C(=O)c3ccccc3C2=O)C1(C)C. The number of amides is 3. The second-order valence-electron chi connectivity index (χ2n) is 12.3. The first kappa shape index (κ1) is 37.7. The first-order chi connectivity index (χ1) is 25.1. The van der Waals surface area contributed by atoms with Crippen molar-refractivity contribution in [2.75, 3.05) is 40.4 Å². The zero-order valence-corrected chi connectivity index (χ0v) is 32.1. The molecule has 0 aliphatic carbocycles. The van der Waals surface area contributed by atoms with Crippen molar-refractivity contribution in [3.05, 3.63) is 84.3 Å². The van der Waals surface area contributed by atoms with Crippen LogP contribution in [0.4, 0.5) is 5.69 Å². The average Bonchev–Trinajstić information content (AvgIpc) is 3.67. The van der Waals surface area contributed by atoms with Gasteiger partial charge < -0.3 is 23.7 Å². The van der Waals surface area contributed by atoms with Crippen molar-refractivity contribution in [3.8, 4) is 5.75 Å². The normalized spacial score (nSPS) is 18.7. The second-order valence-corrected chi connectivity index (χ2v) is 16.0. The van der Waals surface area contributed by atoms with Crippen molar-refractivity contribution in [2.24, 2.45) is 0 Å². The molecule has 6 rings (SSSR count). The molecular weight excluding hydrogens is 749 g/mol. The summed E-state index contributed by atoms with van der Waals surface area (Å²) in [5.41, 5.74) is -0.375. The monoisotopic (exact) mass is 780 g/mol. The van der Waals surface area contributed by atoms with E-state index in [0.29, 0.717) is 21.8 Å². The van der Waals surface area contributed by atoms with Crippen LogP contribution in [0.25, 0.3) is 5.57 Å². The molecule has 17 heteroatoms. The summed E-state index contributed by atoms with van der Waals surface area (Å²) >= 11 is 2.42. The molecule has 2 aromatic carbocycles. The zero-order valence-electron chi connectivity index (χ0n) is 29.6. The Balaban J connectivity index is 1.63. The third-order valence-electron chi connectivity index (χ3n) is 9.14. The lowest BCUT2D eigenvalue weighted by atomic mass is 9.83. The summed E-state index contributed by atoms with van der Waals surface area (Å²) in [6.45, 7) is 4.85. The van der Waals surface area contributed by atoms with E-state index in [1.807, 2.05) is 0 Å². The van der Waals surface area contributed by atoms with Crippen molar-refractivity contribution in [3.63, 3.8) is 0 Å². The molecule has 0 saturated carbocycles. The van der Waals surface area contributed by atoms with E-state index in [0.717, 1.165) is 68.6 Å². The summed E-state index contributed by atoms with van der Waals surface area (Å²) in [6, 6.07) is 9.82. The van der Waals surface area contributed by atoms with Gasteiger partial charge in [0.25, 0.3) is 17.7 Å². The van der Waals surface area contributed by atoms with E-state index in [1.165, 1.54) is 31.1 Å². The molecule has 0 unspecified atom stereocenters. The van der Waals surface area contributed by atoms with E-state index in [1.54, 1.807) is 44.2 Å². The van der Waals surface area contributed by atoms with Crippen LogP contribution < -0.4 is 9.64 Å². The topological polar surface area (TPSA) is 172 Å². The van der Waals surface area contributed by atoms with Crippen molar-refractivity contribution in [1.29, 1.82) is 0 Å². The number of benzene rings is 2. The standard InChI is InChI=1S/C36H32N2O12S3/c1-16(37-29(40)18-11-9-10-12-19(18)30(37)41)28(39)38-21-14-13-17(46-4)15-20(21)22-27(35(38,2)3)51-24(32(43)48-6)23(31(42)47-5)36(22)52-25(33(44)49-7)26(53-36)34(45)50-8/h9-16H,1-8H3/t16-/m0/s1. The van der Waals surface area contributed by atoms with Crippen molar-refractivity contribution in [2.45, 2.75) is 36.4 Å². The van der Waals surface area contributed by atoms with Gasteiger partial charge >= 0.3 is 23.9 Å². The number of hydrogen-bond acceptors (Lipinski definition) is 15. The van der Waals surface area contributed by atoms with E-state index in [-0.39, 0.29) is 37.1 Å². The molecule has 0 bridgehead atoms. The Bertz CT molecular complexity index is 2090. The highest BCUT2D eigenvalue weighted by molar-refractivity contribution is 8.26. The van der Waals surface area contributed by atoms with Gasteiger partial charge in [0.2, 0.25) is 0 Å². The number of ether oxygens (including phenoxy) is 5. The van der Waals surface area contributed by atoms with E-state index in [2.05, 4.69) is 0 Å². The van der Waals surface area contributed by atoms with Gasteiger partial charge in [0.05, 0.1) is 63.5 Å². The maximum absolute atomic E-state index is 14.9. The van der Waals surface area contributed by atoms with E-state index in [9.17, 15) is 33.6 Å². The number of nitrogens with zero attached hydrogens (tertiary/aromatic N) is 2. The molecule has 276 valence electrons. The van der Waals surface area contributed by atoms with Crippen LogP contribution in [0.3, 0.4) is 0 Å². The van der Waals surface area contributed by atoms with E-state index in [4.69, 9.17) is 23.7 Å². The van der Waals surface area contributed by atoms with Gasteiger partial charge in [-0.3, -0.25) is 24.2 Å². The Morgan fingerprint density at radius 2 is 1.21 bits per heavy atom. The summed E-state index contributed by atoms with van der Waals surface area (Å²) in [6.07, 6.45) is 0. The van der Waals surface area contributed by atoms with Crippen molar-refractivity contribution < 1.29 is 57.2 Å². The third-order valence-corrected chi connectivity index (χ3v) is 13.8. The fraction of sp³-hybridized carbons (Fsp3) is 0.306.